The quantitative estimate of drug-likeness (QED) is 0.879. The highest BCUT2D eigenvalue weighted by molar-refractivity contribution is 6.33. The summed E-state index contributed by atoms with van der Waals surface area (Å²) in [7, 11) is 0. The van der Waals surface area contributed by atoms with Crippen molar-refractivity contribution in [3.05, 3.63) is 53.3 Å². The van der Waals surface area contributed by atoms with Gasteiger partial charge in [0.25, 0.3) is 0 Å². The average Bonchev–Trinajstić information content (AvgIpc) is 2.62. The molecule has 0 unspecified atom stereocenters. The van der Waals surface area contributed by atoms with Crippen LogP contribution >= 0.6 is 11.6 Å². The summed E-state index contributed by atoms with van der Waals surface area (Å²) >= 11 is 6.09. The largest absolute Gasteiger partial charge is 0.396 e. The Kier molecular flexibility index (Phi) is 5.36. The van der Waals surface area contributed by atoms with Gasteiger partial charge in [-0.25, -0.2) is 0 Å². The molecule has 0 spiro atoms. The van der Waals surface area contributed by atoms with Gasteiger partial charge in [0.15, 0.2) is 0 Å². The summed E-state index contributed by atoms with van der Waals surface area (Å²) in [6.45, 7) is 3.09. The Morgan fingerprint density at radius 2 is 1.91 bits per heavy atom. The van der Waals surface area contributed by atoms with E-state index in [-0.39, 0.29) is 0 Å². The fourth-order valence-electron chi connectivity index (χ4n) is 2.91. The molecule has 0 aliphatic carbocycles. The van der Waals surface area contributed by atoms with Gasteiger partial charge in [-0.2, -0.15) is 0 Å². The molecule has 0 radical (unpaired) electrons. The van der Waals surface area contributed by atoms with Crippen LogP contribution in [0.1, 0.15) is 18.4 Å². The van der Waals surface area contributed by atoms with Gasteiger partial charge in [-0.3, -0.25) is 4.98 Å². The lowest BCUT2D eigenvalue weighted by Gasteiger charge is -2.33. The maximum Gasteiger partial charge on any atom is 0.0820 e. The predicted molar refractivity (Wildman–Crippen MR) is 95.0 cm³/mol. The number of aliphatic hydroxyl groups excluding tert-OH is 1. The van der Waals surface area contributed by atoms with Gasteiger partial charge < -0.3 is 15.3 Å². The number of anilines is 2. The number of pyridine rings is 1. The number of rotatable bonds is 5. The van der Waals surface area contributed by atoms with Crippen molar-refractivity contribution >= 4 is 23.0 Å². The minimum Gasteiger partial charge on any atom is -0.396 e. The Morgan fingerprint density at radius 1 is 1.17 bits per heavy atom. The van der Waals surface area contributed by atoms with Crippen molar-refractivity contribution in [3.8, 4) is 0 Å². The molecule has 23 heavy (non-hydrogen) atoms. The molecule has 5 heteroatoms. The van der Waals surface area contributed by atoms with E-state index in [2.05, 4.69) is 39.5 Å². The highest BCUT2D eigenvalue weighted by atomic mass is 35.5. The zero-order chi connectivity index (χ0) is 16.1. The maximum absolute atomic E-state index is 9.22. The lowest BCUT2D eigenvalue weighted by atomic mass is 9.97. The molecule has 1 aromatic heterocycles. The van der Waals surface area contributed by atoms with Crippen LogP contribution in [0.2, 0.25) is 5.02 Å². The number of benzene rings is 1. The summed E-state index contributed by atoms with van der Waals surface area (Å²) in [5.41, 5.74) is 3.37. The Hall–Kier alpha value is -1.78. The molecular weight excluding hydrogens is 310 g/mol. The van der Waals surface area contributed by atoms with E-state index in [0.717, 1.165) is 38.2 Å². The van der Waals surface area contributed by atoms with Gasteiger partial charge in [0.1, 0.15) is 0 Å². The predicted octanol–water partition coefficient (Wildman–Crippen LogP) is 3.56. The first-order valence-electron chi connectivity index (χ1n) is 8.04. The molecule has 3 rings (SSSR count). The van der Waals surface area contributed by atoms with Crippen molar-refractivity contribution in [2.24, 2.45) is 5.92 Å². The lowest BCUT2D eigenvalue weighted by Crippen LogP contribution is -2.34. The lowest BCUT2D eigenvalue weighted by molar-refractivity contribution is 0.203. The monoisotopic (exact) mass is 331 g/mol. The highest BCUT2D eigenvalue weighted by Crippen LogP contribution is 2.24. The number of nitrogens with zero attached hydrogens (tertiary/aromatic N) is 2. The van der Waals surface area contributed by atoms with E-state index in [0.29, 0.717) is 17.5 Å². The summed E-state index contributed by atoms with van der Waals surface area (Å²) < 4.78 is 0. The number of halogens is 1. The Balaban J connectivity index is 1.56. The minimum absolute atomic E-state index is 0.315. The van der Waals surface area contributed by atoms with Crippen LogP contribution < -0.4 is 10.2 Å². The zero-order valence-electron chi connectivity index (χ0n) is 13.1. The van der Waals surface area contributed by atoms with E-state index in [1.54, 1.807) is 12.4 Å². The SMILES string of the molecule is OCC1CCN(c2ccc(CNc3ccncc3Cl)cc2)CC1. The second-order valence-electron chi connectivity index (χ2n) is 5.99. The summed E-state index contributed by atoms with van der Waals surface area (Å²) in [6, 6.07) is 10.5. The number of aliphatic hydroxyl groups is 1. The number of piperidine rings is 1. The minimum atomic E-state index is 0.315. The van der Waals surface area contributed by atoms with E-state index in [1.807, 2.05) is 6.07 Å². The Morgan fingerprint density at radius 3 is 2.57 bits per heavy atom. The molecule has 0 saturated carbocycles. The summed E-state index contributed by atoms with van der Waals surface area (Å²) in [5.74, 6) is 0.472. The van der Waals surface area contributed by atoms with Crippen molar-refractivity contribution in [2.75, 3.05) is 29.9 Å². The van der Waals surface area contributed by atoms with Gasteiger partial charge in [0.2, 0.25) is 0 Å². The van der Waals surface area contributed by atoms with Crippen molar-refractivity contribution in [1.29, 1.82) is 0 Å². The highest BCUT2D eigenvalue weighted by Gasteiger charge is 2.18. The van der Waals surface area contributed by atoms with Crippen LogP contribution in [0.5, 0.6) is 0 Å². The topological polar surface area (TPSA) is 48.4 Å². The Bertz CT molecular complexity index is 624. The fraction of sp³-hybridized carbons (Fsp3) is 0.389. The second-order valence-corrected chi connectivity index (χ2v) is 6.40. The van der Waals surface area contributed by atoms with Crippen LogP contribution in [0.4, 0.5) is 11.4 Å². The fourth-order valence-corrected chi connectivity index (χ4v) is 3.10. The standard InChI is InChI=1S/C18H22ClN3O/c19-17-12-20-8-5-18(17)21-11-14-1-3-16(4-2-14)22-9-6-15(13-23)7-10-22/h1-5,8,12,15,23H,6-7,9-11,13H2,(H,20,21). The third kappa shape index (κ3) is 4.15. The molecule has 0 bridgehead atoms. The van der Waals surface area contributed by atoms with Gasteiger partial charge in [-0.05, 0) is 42.5 Å². The molecule has 1 fully saturated rings. The van der Waals surface area contributed by atoms with Crippen LogP contribution in [-0.2, 0) is 6.54 Å². The zero-order valence-corrected chi connectivity index (χ0v) is 13.8. The molecule has 122 valence electrons. The molecule has 0 atom stereocenters. The molecule has 4 nitrogen and oxygen atoms in total. The van der Waals surface area contributed by atoms with Gasteiger partial charge >= 0.3 is 0 Å². The van der Waals surface area contributed by atoms with E-state index in [4.69, 9.17) is 11.6 Å². The van der Waals surface area contributed by atoms with Crippen molar-refractivity contribution < 1.29 is 5.11 Å². The van der Waals surface area contributed by atoms with Crippen LogP contribution in [-0.4, -0.2) is 29.8 Å². The third-order valence-electron chi connectivity index (χ3n) is 4.43. The molecular formula is C18H22ClN3O. The average molecular weight is 332 g/mol. The summed E-state index contributed by atoms with van der Waals surface area (Å²) in [6.07, 6.45) is 5.51. The number of aromatic nitrogens is 1. The smallest absolute Gasteiger partial charge is 0.0820 e. The van der Waals surface area contributed by atoms with Gasteiger partial charge in [-0.15, -0.1) is 0 Å². The van der Waals surface area contributed by atoms with E-state index in [1.165, 1.54) is 11.3 Å². The van der Waals surface area contributed by atoms with Crippen molar-refractivity contribution in [2.45, 2.75) is 19.4 Å². The summed E-state index contributed by atoms with van der Waals surface area (Å²) in [4.78, 5) is 6.37. The first-order valence-corrected chi connectivity index (χ1v) is 8.42. The maximum atomic E-state index is 9.22. The molecule has 1 aliphatic heterocycles. The van der Waals surface area contributed by atoms with Crippen molar-refractivity contribution in [1.82, 2.24) is 4.98 Å². The van der Waals surface area contributed by atoms with Gasteiger partial charge in [0.05, 0.1) is 10.7 Å². The summed E-state index contributed by atoms with van der Waals surface area (Å²) in [5, 5.41) is 13.2. The molecule has 2 heterocycles. The number of nitrogens with one attached hydrogen (secondary N) is 1. The number of hydrogen-bond donors (Lipinski definition) is 2. The van der Waals surface area contributed by atoms with Crippen LogP contribution in [0, 0.1) is 5.92 Å². The molecule has 1 aliphatic rings. The van der Waals surface area contributed by atoms with Crippen LogP contribution in [0.25, 0.3) is 0 Å². The van der Waals surface area contributed by atoms with Crippen LogP contribution in [0.3, 0.4) is 0 Å². The van der Waals surface area contributed by atoms with Gasteiger partial charge in [-0.1, -0.05) is 23.7 Å². The first-order chi connectivity index (χ1) is 11.3. The van der Waals surface area contributed by atoms with E-state index < -0.39 is 0 Å². The van der Waals surface area contributed by atoms with Gasteiger partial charge in [0, 0.05) is 44.3 Å². The Labute approximate surface area is 142 Å². The third-order valence-corrected chi connectivity index (χ3v) is 4.73. The normalized spacial score (nSPS) is 15.7. The second kappa shape index (κ2) is 7.66. The molecule has 0 amide bonds. The molecule has 1 saturated heterocycles. The van der Waals surface area contributed by atoms with Crippen molar-refractivity contribution in [3.63, 3.8) is 0 Å². The number of hydrogen-bond acceptors (Lipinski definition) is 4. The van der Waals surface area contributed by atoms with Crippen LogP contribution in [0.15, 0.2) is 42.7 Å². The first kappa shape index (κ1) is 16.1. The van der Waals surface area contributed by atoms with E-state index in [9.17, 15) is 5.11 Å². The molecule has 2 N–H and O–H groups in total. The molecule has 2 aromatic rings. The van der Waals surface area contributed by atoms with E-state index >= 15 is 0 Å². The molecule has 1 aromatic carbocycles.